The summed E-state index contributed by atoms with van der Waals surface area (Å²) in [5.41, 5.74) is 5.93. The van der Waals surface area contributed by atoms with Crippen LogP contribution in [0.25, 0.3) is 20.4 Å². The predicted octanol–water partition coefficient (Wildman–Crippen LogP) is 4.59. The van der Waals surface area contributed by atoms with Gasteiger partial charge in [-0.2, -0.15) is 0 Å². The second-order valence-corrected chi connectivity index (χ2v) is 5.41. The maximum atomic E-state index is 4.14. The summed E-state index contributed by atoms with van der Waals surface area (Å²) >= 11 is 3.35. The van der Waals surface area contributed by atoms with Crippen LogP contribution in [0.15, 0.2) is 59.6 Å². The number of hydrogen-bond donors (Lipinski definition) is 0. The van der Waals surface area contributed by atoms with Crippen LogP contribution in [0.2, 0.25) is 0 Å². The number of para-hydroxylation sites is 2. The molecule has 4 rings (SSSR count). The van der Waals surface area contributed by atoms with Gasteiger partial charge in [0.05, 0.1) is 31.5 Å². The fourth-order valence-electron chi connectivity index (χ4n) is 1.61. The van der Waals surface area contributed by atoms with Crippen LogP contribution in [0.4, 0.5) is 0 Å². The quantitative estimate of drug-likeness (QED) is 0.467. The van der Waals surface area contributed by atoms with Crippen LogP contribution in [0.5, 0.6) is 0 Å². The number of fused-ring (bicyclic) bond motifs is 2. The van der Waals surface area contributed by atoms with E-state index in [4.69, 9.17) is 0 Å². The van der Waals surface area contributed by atoms with Gasteiger partial charge in [-0.3, -0.25) is 0 Å². The first-order valence-electron chi connectivity index (χ1n) is 5.50. The minimum atomic E-state index is 1.10. The van der Waals surface area contributed by atoms with Crippen molar-refractivity contribution in [2.24, 2.45) is 0 Å². The molecule has 2 heterocycles. The Hall–Kier alpha value is -1.78. The third-order valence-corrected chi connectivity index (χ3v) is 4.09. The standard InChI is InChI=1S/2C7H5NS/c2*1-2-4-7-6(3-1)8-5-9-7/h2*1-5H. The van der Waals surface area contributed by atoms with Crippen LogP contribution < -0.4 is 0 Å². The first kappa shape index (κ1) is 11.3. The molecule has 88 valence electrons. The molecule has 2 aromatic heterocycles. The zero-order valence-electron chi connectivity index (χ0n) is 9.48. The van der Waals surface area contributed by atoms with Gasteiger partial charge in [0.15, 0.2) is 0 Å². The van der Waals surface area contributed by atoms with E-state index in [1.807, 2.05) is 47.4 Å². The van der Waals surface area contributed by atoms with E-state index in [2.05, 4.69) is 22.1 Å². The average Bonchev–Trinajstić information content (AvgIpc) is 3.08. The average molecular weight is 270 g/mol. The highest BCUT2D eigenvalue weighted by molar-refractivity contribution is 7.17. The summed E-state index contributed by atoms with van der Waals surface area (Å²) in [6.45, 7) is 0. The second kappa shape index (κ2) is 5.25. The van der Waals surface area contributed by atoms with E-state index in [-0.39, 0.29) is 0 Å². The molecule has 0 aliphatic heterocycles. The highest BCUT2D eigenvalue weighted by Crippen LogP contribution is 2.16. The van der Waals surface area contributed by atoms with Crippen LogP contribution in [0.3, 0.4) is 0 Å². The van der Waals surface area contributed by atoms with Crippen molar-refractivity contribution in [3.63, 3.8) is 0 Å². The summed E-state index contributed by atoms with van der Waals surface area (Å²) in [6, 6.07) is 16.3. The number of aromatic nitrogens is 2. The smallest absolute Gasteiger partial charge is 0.0812 e. The highest BCUT2D eigenvalue weighted by atomic mass is 32.1. The van der Waals surface area contributed by atoms with Gasteiger partial charge in [-0.05, 0) is 24.3 Å². The molecule has 0 saturated heterocycles. The predicted molar refractivity (Wildman–Crippen MR) is 79.2 cm³/mol. The first-order valence-corrected chi connectivity index (χ1v) is 7.26. The van der Waals surface area contributed by atoms with Gasteiger partial charge in [0.2, 0.25) is 0 Å². The lowest BCUT2D eigenvalue weighted by atomic mass is 10.3. The van der Waals surface area contributed by atoms with Crippen molar-refractivity contribution >= 4 is 43.1 Å². The van der Waals surface area contributed by atoms with Crippen LogP contribution in [0, 0.1) is 0 Å². The molecule has 0 radical (unpaired) electrons. The molecule has 2 nitrogen and oxygen atoms in total. The molecule has 0 saturated carbocycles. The van der Waals surface area contributed by atoms with E-state index in [1.54, 1.807) is 22.7 Å². The third-order valence-electron chi connectivity index (χ3n) is 2.47. The number of rotatable bonds is 0. The number of hydrogen-bond acceptors (Lipinski definition) is 4. The molecule has 0 atom stereocenters. The van der Waals surface area contributed by atoms with Crippen LogP contribution in [-0.4, -0.2) is 9.97 Å². The van der Waals surface area contributed by atoms with Gasteiger partial charge < -0.3 is 0 Å². The van der Waals surface area contributed by atoms with Crippen LogP contribution in [-0.2, 0) is 0 Å². The highest BCUT2D eigenvalue weighted by Gasteiger charge is 1.90. The molecule has 0 amide bonds. The lowest BCUT2D eigenvalue weighted by Gasteiger charge is -1.80. The lowest BCUT2D eigenvalue weighted by Crippen LogP contribution is -1.61. The molecule has 0 aliphatic carbocycles. The summed E-state index contributed by atoms with van der Waals surface area (Å²) in [7, 11) is 0. The van der Waals surface area contributed by atoms with Crippen molar-refractivity contribution in [3.8, 4) is 0 Å². The van der Waals surface area contributed by atoms with Crippen LogP contribution in [0.1, 0.15) is 0 Å². The summed E-state index contributed by atoms with van der Waals surface area (Å²) in [5.74, 6) is 0. The van der Waals surface area contributed by atoms with E-state index in [0.29, 0.717) is 0 Å². The minimum Gasteiger partial charge on any atom is -0.245 e. The van der Waals surface area contributed by atoms with Gasteiger partial charge in [0.1, 0.15) is 0 Å². The Morgan fingerprint density at radius 1 is 0.611 bits per heavy atom. The maximum absolute atomic E-state index is 4.14. The molecule has 0 unspecified atom stereocenters. The van der Waals surface area contributed by atoms with Crippen molar-refractivity contribution < 1.29 is 0 Å². The Balaban J connectivity index is 0.000000111. The molecule has 0 fully saturated rings. The fourth-order valence-corrected chi connectivity index (χ4v) is 2.96. The van der Waals surface area contributed by atoms with Crippen molar-refractivity contribution in [1.82, 2.24) is 9.97 Å². The molecule has 0 aliphatic rings. The van der Waals surface area contributed by atoms with Crippen LogP contribution >= 0.6 is 22.7 Å². The van der Waals surface area contributed by atoms with E-state index in [1.165, 1.54) is 9.40 Å². The van der Waals surface area contributed by atoms with Crippen molar-refractivity contribution in [3.05, 3.63) is 59.6 Å². The van der Waals surface area contributed by atoms with Crippen molar-refractivity contribution in [2.75, 3.05) is 0 Å². The largest absolute Gasteiger partial charge is 0.245 e. The zero-order chi connectivity index (χ0) is 12.2. The van der Waals surface area contributed by atoms with Gasteiger partial charge in [0.25, 0.3) is 0 Å². The summed E-state index contributed by atoms with van der Waals surface area (Å²) in [6.07, 6.45) is 0. The molecule has 2 aromatic carbocycles. The van der Waals surface area contributed by atoms with Crippen molar-refractivity contribution in [2.45, 2.75) is 0 Å². The van der Waals surface area contributed by atoms with Gasteiger partial charge in [0, 0.05) is 0 Å². The summed E-state index contributed by atoms with van der Waals surface area (Å²) < 4.78 is 2.52. The molecule has 0 N–H and O–H groups in total. The molecule has 0 bridgehead atoms. The van der Waals surface area contributed by atoms with Gasteiger partial charge in [-0.15, -0.1) is 22.7 Å². The molecular formula is C14H10N2S2. The molecular weight excluding hydrogens is 260 g/mol. The molecule has 4 heteroatoms. The lowest BCUT2D eigenvalue weighted by molar-refractivity contribution is 1.50. The normalized spacial score (nSPS) is 10.2. The fraction of sp³-hybridized carbons (Fsp3) is 0. The second-order valence-electron chi connectivity index (χ2n) is 3.64. The molecule has 18 heavy (non-hydrogen) atoms. The number of thiazole rings is 2. The van der Waals surface area contributed by atoms with Gasteiger partial charge in [-0.1, -0.05) is 24.3 Å². The van der Waals surface area contributed by atoms with Gasteiger partial charge in [-0.25, -0.2) is 9.97 Å². The maximum Gasteiger partial charge on any atom is 0.0812 e. The van der Waals surface area contributed by atoms with Crippen molar-refractivity contribution in [1.29, 1.82) is 0 Å². The number of nitrogens with zero attached hydrogens (tertiary/aromatic N) is 2. The van der Waals surface area contributed by atoms with E-state index in [0.717, 1.165) is 11.0 Å². The zero-order valence-corrected chi connectivity index (χ0v) is 11.1. The van der Waals surface area contributed by atoms with E-state index < -0.39 is 0 Å². The van der Waals surface area contributed by atoms with E-state index >= 15 is 0 Å². The Bertz CT molecular complexity index is 632. The minimum absolute atomic E-state index is 1.10. The SMILES string of the molecule is c1ccc2scnc2c1.c1ccc2scnc2c1. The summed E-state index contributed by atoms with van der Waals surface area (Å²) in [5, 5.41) is 0. The van der Waals surface area contributed by atoms with Gasteiger partial charge >= 0.3 is 0 Å². The first-order chi connectivity index (χ1) is 8.93. The monoisotopic (exact) mass is 270 g/mol. The summed E-state index contributed by atoms with van der Waals surface area (Å²) in [4.78, 5) is 8.27. The number of benzene rings is 2. The Kier molecular flexibility index (Phi) is 3.30. The Labute approximate surface area is 113 Å². The Morgan fingerprint density at radius 2 is 1.06 bits per heavy atom. The Morgan fingerprint density at radius 3 is 1.50 bits per heavy atom. The molecule has 4 aromatic rings. The van der Waals surface area contributed by atoms with E-state index in [9.17, 15) is 0 Å². The third kappa shape index (κ3) is 2.39. The topological polar surface area (TPSA) is 25.8 Å². The molecule has 0 spiro atoms.